The summed E-state index contributed by atoms with van der Waals surface area (Å²) < 4.78 is 44.0. The van der Waals surface area contributed by atoms with Gasteiger partial charge in [-0.25, -0.2) is 17.6 Å². The predicted molar refractivity (Wildman–Crippen MR) is 83.1 cm³/mol. The number of anilines is 1. The van der Waals surface area contributed by atoms with Crippen LogP contribution in [0, 0.1) is 5.82 Å². The van der Waals surface area contributed by atoms with Gasteiger partial charge in [0.25, 0.3) is 15.9 Å². The highest BCUT2D eigenvalue weighted by atomic mass is 32.2. The lowest BCUT2D eigenvalue weighted by Crippen LogP contribution is -2.20. The Labute approximate surface area is 137 Å². The van der Waals surface area contributed by atoms with E-state index in [0.717, 1.165) is 24.3 Å². The normalized spacial score (nSPS) is 10.9. The van der Waals surface area contributed by atoms with Crippen molar-refractivity contribution in [1.29, 1.82) is 0 Å². The van der Waals surface area contributed by atoms with Gasteiger partial charge in [0.1, 0.15) is 5.82 Å². The number of nitrogens with two attached hydrogens (primary N) is 1. The van der Waals surface area contributed by atoms with Crippen molar-refractivity contribution in [2.24, 2.45) is 5.73 Å². The van der Waals surface area contributed by atoms with Crippen LogP contribution in [0.3, 0.4) is 0 Å². The molecule has 0 aliphatic carbocycles. The van der Waals surface area contributed by atoms with E-state index in [0.29, 0.717) is 0 Å². The molecular formula is C15H13FN2O5S. The summed E-state index contributed by atoms with van der Waals surface area (Å²) >= 11 is 0. The van der Waals surface area contributed by atoms with Crippen molar-refractivity contribution in [2.45, 2.75) is 4.90 Å². The molecule has 7 nitrogen and oxygen atoms in total. The highest BCUT2D eigenvalue weighted by Crippen LogP contribution is 2.17. The lowest BCUT2D eigenvalue weighted by atomic mass is 10.2. The van der Waals surface area contributed by atoms with Gasteiger partial charge in [-0.05, 0) is 48.5 Å². The Bertz CT molecular complexity index is 848. The number of amides is 1. The average Bonchev–Trinajstić information content (AvgIpc) is 2.53. The highest BCUT2D eigenvalue weighted by molar-refractivity contribution is 7.92. The molecule has 2 aromatic rings. The SMILES string of the molecule is NC(=O)COC(=O)c1ccc(NS(=O)(=O)c2ccc(F)cc2)cc1. The first-order valence-electron chi connectivity index (χ1n) is 6.62. The fourth-order valence-corrected chi connectivity index (χ4v) is 2.78. The third-order valence-corrected chi connectivity index (χ3v) is 4.24. The molecule has 0 spiro atoms. The Hall–Kier alpha value is -2.94. The van der Waals surface area contributed by atoms with Crippen molar-refractivity contribution in [3.63, 3.8) is 0 Å². The molecule has 126 valence electrons. The first-order chi connectivity index (χ1) is 11.3. The van der Waals surface area contributed by atoms with Crippen molar-refractivity contribution >= 4 is 27.6 Å². The Morgan fingerprint density at radius 3 is 2.17 bits per heavy atom. The Balaban J connectivity index is 2.09. The van der Waals surface area contributed by atoms with Gasteiger partial charge in [0, 0.05) is 5.69 Å². The zero-order valence-corrected chi connectivity index (χ0v) is 13.0. The Morgan fingerprint density at radius 1 is 1.04 bits per heavy atom. The fourth-order valence-electron chi connectivity index (χ4n) is 1.72. The molecule has 0 bridgehead atoms. The maximum absolute atomic E-state index is 12.8. The standard InChI is InChI=1S/C15H13FN2O5S/c16-11-3-7-13(8-4-11)24(21,22)18-12-5-1-10(2-6-12)15(20)23-9-14(17)19/h1-8,18H,9H2,(H2,17,19). The third kappa shape index (κ3) is 4.53. The number of hydrogen-bond donors (Lipinski definition) is 2. The van der Waals surface area contributed by atoms with Crippen LogP contribution in [0.1, 0.15) is 10.4 Å². The van der Waals surface area contributed by atoms with Crippen LogP contribution in [0.15, 0.2) is 53.4 Å². The summed E-state index contributed by atoms with van der Waals surface area (Å²) in [5.41, 5.74) is 5.19. The van der Waals surface area contributed by atoms with E-state index < -0.39 is 34.3 Å². The summed E-state index contributed by atoms with van der Waals surface area (Å²) in [7, 11) is -3.88. The van der Waals surface area contributed by atoms with Gasteiger partial charge in [0.05, 0.1) is 10.5 Å². The molecule has 9 heteroatoms. The van der Waals surface area contributed by atoms with Crippen LogP contribution in [0.5, 0.6) is 0 Å². The Kier molecular flexibility index (Phi) is 5.14. The molecule has 0 radical (unpaired) electrons. The van der Waals surface area contributed by atoms with Crippen LogP contribution >= 0.6 is 0 Å². The van der Waals surface area contributed by atoms with Gasteiger partial charge in [-0.2, -0.15) is 0 Å². The number of hydrogen-bond acceptors (Lipinski definition) is 5. The molecule has 0 aromatic heterocycles. The molecule has 0 aliphatic rings. The minimum absolute atomic E-state index is 0.103. The summed E-state index contributed by atoms with van der Waals surface area (Å²) in [5, 5.41) is 0. The summed E-state index contributed by atoms with van der Waals surface area (Å²) in [5.74, 6) is -2.10. The van der Waals surface area contributed by atoms with Gasteiger partial charge in [-0.3, -0.25) is 9.52 Å². The van der Waals surface area contributed by atoms with E-state index in [2.05, 4.69) is 9.46 Å². The second-order valence-electron chi connectivity index (χ2n) is 4.68. The quantitative estimate of drug-likeness (QED) is 0.760. The molecule has 0 atom stereocenters. The third-order valence-electron chi connectivity index (χ3n) is 2.84. The van der Waals surface area contributed by atoms with E-state index in [9.17, 15) is 22.4 Å². The molecule has 2 aromatic carbocycles. The minimum Gasteiger partial charge on any atom is -0.452 e. The van der Waals surface area contributed by atoms with Gasteiger partial charge in [0.15, 0.2) is 6.61 Å². The minimum atomic E-state index is -3.88. The predicted octanol–water partition coefficient (Wildman–Crippen LogP) is 1.27. The molecule has 0 fully saturated rings. The summed E-state index contributed by atoms with van der Waals surface area (Å²) in [6.07, 6.45) is 0. The molecule has 0 aliphatic heterocycles. The number of carbonyl (C=O) groups excluding carboxylic acids is 2. The van der Waals surface area contributed by atoms with Crippen molar-refractivity contribution in [3.8, 4) is 0 Å². The van der Waals surface area contributed by atoms with Gasteiger partial charge in [0.2, 0.25) is 0 Å². The van der Waals surface area contributed by atoms with Crippen molar-refractivity contribution in [2.75, 3.05) is 11.3 Å². The zero-order valence-electron chi connectivity index (χ0n) is 12.2. The molecular weight excluding hydrogens is 339 g/mol. The van der Waals surface area contributed by atoms with Gasteiger partial charge >= 0.3 is 5.97 Å². The van der Waals surface area contributed by atoms with Crippen LogP contribution in [0.4, 0.5) is 10.1 Å². The van der Waals surface area contributed by atoms with Crippen LogP contribution < -0.4 is 10.5 Å². The maximum atomic E-state index is 12.8. The van der Waals surface area contributed by atoms with Crippen molar-refractivity contribution < 1.29 is 27.1 Å². The average molecular weight is 352 g/mol. The van der Waals surface area contributed by atoms with E-state index in [4.69, 9.17) is 5.73 Å². The molecule has 24 heavy (non-hydrogen) atoms. The lowest BCUT2D eigenvalue weighted by molar-refractivity contribution is -0.121. The van der Waals surface area contributed by atoms with E-state index in [1.807, 2.05) is 0 Å². The number of rotatable bonds is 6. The topological polar surface area (TPSA) is 116 Å². The van der Waals surface area contributed by atoms with Gasteiger partial charge in [-0.15, -0.1) is 0 Å². The molecule has 0 unspecified atom stereocenters. The number of halogens is 1. The number of ether oxygens (including phenoxy) is 1. The van der Waals surface area contributed by atoms with Crippen molar-refractivity contribution in [3.05, 3.63) is 59.9 Å². The van der Waals surface area contributed by atoms with Crippen LogP contribution in [-0.2, 0) is 19.6 Å². The Morgan fingerprint density at radius 2 is 1.62 bits per heavy atom. The lowest BCUT2D eigenvalue weighted by Gasteiger charge is -2.09. The summed E-state index contributed by atoms with van der Waals surface area (Å²) in [4.78, 5) is 22.0. The maximum Gasteiger partial charge on any atom is 0.338 e. The number of carbonyl (C=O) groups is 2. The fraction of sp³-hybridized carbons (Fsp3) is 0.0667. The molecule has 0 saturated carbocycles. The zero-order chi connectivity index (χ0) is 17.7. The molecule has 0 saturated heterocycles. The van der Waals surface area contributed by atoms with Crippen LogP contribution in [0.25, 0.3) is 0 Å². The van der Waals surface area contributed by atoms with E-state index >= 15 is 0 Å². The van der Waals surface area contributed by atoms with Gasteiger partial charge < -0.3 is 10.5 Å². The van der Waals surface area contributed by atoms with Gasteiger partial charge in [-0.1, -0.05) is 0 Å². The first-order valence-corrected chi connectivity index (χ1v) is 8.10. The summed E-state index contributed by atoms with van der Waals surface area (Å²) in [6, 6.07) is 9.68. The van der Waals surface area contributed by atoms with E-state index in [1.54, 1.807) is 0 Å². The largest absolute Gasteiger partial charge is 0.452 e. The van der Waals surface area contributed by atoms with Crippen molar-refractivity contribution in [1.82, 2.24) is 0 Å². The second-order valence-corrected chi connectivity index (χ2v) is 6.36. The number of nitrogens with one attached hydrogen (secondary N) is 1. The molecule has 2 rings (SSSR count). The number of sulfonamides is 1. The number of esters is 1. The molecule has 0 heterocycles. The second kappa shape index (κ2) is 7.09. The molecule has 3 N–H and O–H groups in total. The van der Waals surface area contributed by atoms with Crippen LogP contribution in [0.2, 0.25) is 0 Å². The first kappa shape index (κ1) is 17.4. The highest BCUT2D eigenvalue weighted by Gasteiger charge is 2.15. The van der Waals surface area contributed by atoms with E-state index in [-0.39, 0.29) is 16.1 Å². The van der Waals surface area contributed by atoms with Crippen LogP contribution in [-0.4, -0.2) is 26.9 Å². The molecule has 1 amide bonds. The summed E-state index contributed by atoms with van der Waals surface area (Å²) in [6.45, 7) is -0.544. The smallest absolute Gasteiger partial charge is 0.338 e. The van der Waals surface area contributed by atoms with E-state index in [1.165, 1.54) is 24.3 Å². The number of benzene rings is 2. The number of primary amides is 1. The monoisotopic (exact) mass is 352 g/mol.